The van der Waals surface area contributed by atoms with Crippen LogP contribution in [0.15, 0.2) is 72.6 Å². The lowest BCUT2D eigenvalue weighted by atomic mass is 10.0. The second-order valence-electron chi connectivity index (χ2n) is 5.82. The van der Waals surface area contributed by atoms with Crippen LogP contribution in [0.1, 0.15) is 23.7 Å². The second kappa shape index (κ2) is 7.96. The summed E-state index contributed by atoms with van der Waals surface area (Å²) < 4.78 is 6.11. The van der Waals surface area contributed by atoms with E-state index in [0.29, 0.717) is 0 Å². The molecule has 25 heavy (non-hydrogen) atoms. The van der Waals surface area contributed by atoms with Gasteiger partial charge in [0.25, 0.3) is 0 Å². The van der Waals surface area contributed by atoms with Crippen LogP contribution in [-0.4, -0.2) is 35.7 Å². The molecule has 5 nitrogen and oxygen atoms in total. The van der Waals surface area contributed by atoms with Crippen LogP contribution in [0, 0.1) is 0 Å². The number of benzene rings is 2. The lowest BCUT2D eigenvalue weighted by Gasteiger charge is -2.32. The Bertz CT molecular complexity index is 690. The minimum atomic E-state index is -0.401. The maximum atomic E-state index is 12.4. The Hall–Kier alpha value is -2.63. The molecule has 1 aliphatic heterocycles. The zero-order valence-electron chi connectivity index (χ0n) is 14.0. The monoisotopic (exact) mass is 339 g/mol. The van der Waals surface area contributed by atoms with Crippen molar-refractivity contribution in [3.05, 3.63) is 83.7 Å². The average Bonchev–Trinajstić information content (AvgIpc) is 2.68. The van der Waals surface area contributed by atoms with Crippen molar-refractivity contribution in [1.82, 2.24) is 5.06 Å². The van der Waals surface area contributed by atoms with Gasteiger partial charge < -0.3 is 9.84 Å². The normalized spacial score (nSPS) is 17.6. The lowest BCUT2D eigenvalue weighted by molar-refractivity contribution is -0.152. The molecule has 3 rings (SSSR count). The first-order chi connectivity index (χ1) is 12.2. The molecule has 5 heteroatoms. The van der Waals surface area contributed by atoms with Gasteiger partial charge in [-0.3, -0.25) is 14.7 Å². The fourth-order valence-corrected chi connectivity index (χ4v) is 2.85. The van der Waals surface area contributed by atoms with Crippen molar-refractivity contribution in [2.24, 2.45) is 0 Å². The predicted molar refractivity (Wildman–Crippen MR) is 93.2 cm³/mol. The summed E-state index contributed by atoms with van der Waals surface area (Å²) in [5.41, 5.74) is 1.91. The Morgan fingerprint density at radius 3 is 2.12 bits per heavy atom. The van der Waals surface area contributed by atoms with Crippen molar-refractivity contribution in [2.75, 3.05) is 13.7 Å². The molecule has 1 atom stereocenters. The number of carbonyl (C=O) groups is 1. The van der Waals surface area contributed by atoms with Crippen LogP contribution < -0.4 is 0 Å². The molecule has 1 heterocycles. The van der Waals surface area contributed by atoms with Crippen LogP contribution in [0.3, 0.4) is 0 Å². The molecule has 1 unspecified atom stereocenters. The number of carbonyl (C=O) groups excluding carboxylic acids is 1. The molecule has 2 aromatic rings. The van der Waals surface area contributed by atoms with Gasteiger partial charge in [-0.25, -0.2) is 0 Å². The maximum Gasteiger partial charge on any atom is 0.201 e. The Labute approximate surface area is 147 Å². The molecule has 0 spiro atoms. The third-order valence-corrected chi connectivity index (χ3v) is 4.17. The minimum Gasteiger partial charge on any atom is -0.476 e. The van der Waals surface area contributed by atoms with Crippen molar-refractivity contribution in [2.45, 2.75) is 18.6 Å². The van der Waals surface area contributed by atoms with Gasteiger partial charge in [0.2, 0.25) is 5.78 Å². The Balaban J connectivity index is 1.93. The zero-order valence-corrected chi connectivity index (χ0v) is 14.0. The number of hydrogen-bond donors (Lipinski definition) is 1. The van der Waals surface area contributed by atoms with Gasteiger partial charge in [0, 0.05) is 6.42 Å². The van der Waals surface area contributed by atoms with Crippen LogP contribution in [-0.2, 0) is 14.4 Å². The van der Waals surface area contributed by atoms with E-state index >= 15 is 0 Å². The van der Waals surface area contributed by atoms with Gasteiger partial charge in [0.05, 0.1) is 26.0 Å². The number of aliphatic hydroxyl groups is 1. The van der Waals surface area contributed by atoms with Crippen LogP contribution in [0.4, 0.5) is 0 Å². The van der Waals surface area contributed by atoms with Gasteiger partial charge in [-0.15, -0.1) is 0 Å². The van der Waals surface area contributed by atoms with Crippen molar-refractivity contribution in [3.63, 3.8) is 0 Å². The molecule has 1 aliphatic rings. The molecule has 1 N–H and O–H groups in total. The van der Waals surface area contributed by atoms with E-state index in [0.717, 1.165) is 11.1 Å². The summed E-state index contributed by atoms with van der Waals surface area (Å²) in [6.07, 6.45) is 1.26. The highest BCUT2D eigenvalue weighted by atomic mass is 16.7. The molecule has 130 valence electrons. The summed E-state index contributed by atoms with van der Waals surface area (Å²) in [5, 5.41) is 10.9. The first-order valence-electron chi connectivity index (χ1n) is 8.17. The van der Waals surface area contributed by atoms with E-state index in [1.54, 1.807) is 0 Å². The summed E-state index contributed by atoms with van der Waals surface area (Å²) >= 11 is 0. The maximum absolute atomic E-state index is 12.4. The highest BCUT2D eigenvalue weighted by molar-refractivity contribution is 5.94. The van der Waals surface area contributed by atoms with Crippen LogP contribution in [0.5, 0.6) is 0 Å². The second-order valence-corrected chi connectivity index (χ2v) is 5.82. The average molecular weight is 339 g/mol. The van der Waals surface area contributed by atoms with E-state index < -0.39 is 12.1 Å². The van der Waals surface area contributed by atoms with Gasteiger partial charge in [-0.2, -0.15) is 0 Å². The molecule has 0 aliphatic carbocycles. The topological polar surface area (TPSA) is 59.0 Å². The van der Waals surface area contributed by atoms with Crippen molar-refractivity contribution < 1.29 is 19.5 Å². The number of nitrogens with zero attached hydrogens (tertiary/aromatic N) is 1. The highest BCUT2D eigenvalue weighted by Crippen LogP contribution is 2.30. The third-order valence-electron chi connectivity index (χ3n) is 4.17. The standard InChI is InChI=1S/C20H21NO4/c1-24-21-13-19(18(23)12-17(21)14-22)25-20(15-8-4-2-5-9-15)16-10-6-3-7-11-16/h2-11,13,17,20,22H,12,14H2,1H3. The highest BCUT2D eigenvalue weighted by Gasteiger charge is 2.30. The van der Waals surface area contributed by atoms with Crippen molar-refractivity contribution in [3.8, 4) is 0 Å². The van der Waals surface area contributed by atoms with Gasteiger partial charge in [-0.05, 0) is 11.1 Å². The minimum absolute atomic E-state index is 0.145. The molecule has 0 amide bonds. The summed E-state index contributed by atoms with van der Waals surface area (Å²) in [4.78, 5) is 17.7. The number of allylic oxidation sites excluding steroid dienone is 1. The van der Waals surface area contributed by atoms with E-state index in [9.17, 15) is 9.90 Å². The SMILES string of the molecule is CON1C=C(OC(c2ccccc2)c2ccccc2)C(=O)CC1CO. The van der Waals surface area contributed by atoms with E-state index in [1.165, 1.54) is 18.4 Å². The number of hydrogen-bond acceptors (Lipinski definition) is 5. The summed E-state index contributed by atoms with van der Waals surface area (Å²) in [6, 6.07) is 19.1. The summed E-state index contributed by atoms with van der Waals surface area (Å²) in [5.74, 6) is 0.0773. The van der Waals surface area contributed by atoms with Gasteiger partial charge in [-0.1, -0.05) is 60.7 Å². The van der Waals surface area contributed by atoms with Crippen molar-refractivity contribution >= 4 is 5.78 Å². The molecule has 0 radical (unpaired) electrons. The first-order valence-corrected chi connectivity index (χ1v) is 8.17. The molecule has 0 saturated carbocycles. The van der Waals surface area contributed by atoms with Gasteiger partial charge >= 0.3 is 0 Å². The van der Waals surface area contributed by atoms with Crippen LogP contribution in [0.25, 0.3) is 0 Å². The molecule has 0 saturated heterocycles. The zero-order chi connectivity index (χ0) is 17.6. The lowest BCUT2D eigenvalue weighted by Crippen LogP contribution is -2.40. The first kappa shape index (κ1) is 17.2. The van der Waals surface area contributed by atoms with Crippen molar-refractivity contribution in [1.29, 1.82) is 0 Å². The predicted octanol–water partition coefficient (Wildman–Crippen LogP) is 2.83. The largest absolute Gasteiger partial charge is 0.476 e. The number of aliphatic hydroxyl groups excluding tert-OH is 1. The van der Waals surface area contributed by atoms with E-state index in [1.807, 2.05) is 60.7 Å². The van der Waals surface area contributed by atoms with E-state index in [4.69, 9.17) is 9.57 Å². The number of ketones is 1. The van der Waals surface area contributed by atoms with Crippen LogP contribution >= 0.6 is 0 Å². The van der Waals surface area contributed by atoms with E-state index in [-0.39, 0.29) is 24.6 Å². The Morgan fingerprint density at radius 2 is 1.64 bits per heavy atom. The Kier molecular flexibility index (Phi) is 5.48. The number of Topliss-reactive ketones (excluding diaryl/α,β-unsaturated/α-hetero) is 1. The number of hydroxylamine groups is 2. The number of ether oxygens (including phenoxy) is 1. The smallest absolute Gasteiger partial charge is 0.201 e. The molecule has 2 aromatic carbocycles. The van der Waals surface area contributed by atoms with E-state index in [2.05, 4.69) is 0 Å². The fourth-order valence-electron chi connectivity index (χ4n) is 2.85. The summed E-state index contributed by atoms with van der Waals surface area (Å²) in [7, 11) is 1.50. The molecular formula is C20H21NO4. The Morgan fingerprint density at radius 1 is 1.08 bits per heavy atom. The molecular weight excluding hydrogens is 318 g/mol. The molecule has 0 fully saturated rings. The molecule has 0 bridgehead atoms. The van der Waals surface area contributed by atoms with Gasteiger partial charge in [0.1, 0.15) is 6.10 Å². The quantitative estimate of drug-likeness (QED) is 0.877. The number of rotatable bonds is 6. The fraction of sp³-hybridized carbons (Fsp3) is 0.250. The third kappa shape index (κ3) is 3.90. The van der Waals surface area contributed by atoms with Crippen LogP contribution in [0.2, 0.25) is 0 Å². The molecule has 0 aromatic heterocycles. The summed E-state index contributed by atoms with van der Waals surface area (Å²) in [6.45, 7) is -0.163. The van der Waals surface area contributed by atoms with Gasteiger partial charge in [0.15, 0.2) is 5.76 Å².